The monoisotopic (exact) mass is 222 g/mol. The van der Waals surface area contributed by atoms with Crippen molar-refractivity contribution in [2.75, 3.05) is 11.9 Å². The van der Waals surface area contributed by atoms with Gasteiger partial charge in [-0.25, -0.2) is 0 Å². The summed E-state index contributed by atoms with van der Waals surface area (Å²) in [5.74, 6) is -1.42. The Kier molecular flexibility index (Phi) is 3.88. The largest absolute Gasteiger partial charge is 0.481 e. The van der Waals surface area contributed by atoms with Gasteiger partial charge in [0.15, 0.2) is 0 Å². The molecule has 1 aromatic rings. The number of aryl methyl sites for hydroxylation is 1. The van der Waals surface area contributed by atoms with E-state index in [0.29, 0.717) is 11.3 Å². The molecule has 0 aliphatic heterocycles. The summed E-state index contributed by atoms with van der Waals surface area (Å²) in [4.78, 5) is 21.4. The summed E-state index contributed by atoms with van der Waals surface area (Å²) in [7, 11) is 0. The van der Waals surface area contributed by atoms with Crippen LogP contribution in [0.2, 0.25) is 0 Å². The minimum atomic E-state index is -0.888. The SMILES string of the molecule is Cc1ccc(C(N)=O)c(NCCC(=O)O)c1. The highest BCUT2D eigenvalue weighted by molar-refractivity contribution is 5.98. The molecule has 0 heterocycles. The van der Waals surface area contributed by atoms with Crippen molar-refractivity contribution in [1.29, 1.82) is 0 Å². The Bertz CT molecular complexity index is 416. The number of aliphatic carboxylic acids is 1. The highest BCUT2D eigenvalue weighted by Crippen LogP contribution is 2.16. The Hall–Kier alpha value is -2.04. The number of nitrogens with two attached hydrogens (primary N) is 1. The van der Waals surface area contributed by atoms with Crippen LogP contribution in [0.4, 0.5) is 5.69 Å². The average Bonchev–Trinajstić information content (AvgIpc) is 2.16. The third-order valence-electron chi connectivity index (χ3n) is 2.09. The lowest BCUT2D eigenvalue weighted by molar-refractivity contribution is -0.136. The van der Waals surface area contributed by atoms with Crippen LogP contribution in [0.15, 0.2) is 18.2 Å². The van der Waals surface area contributed by atoms with Gasteiger partial charge in [-0.05, 0) is 24.6 Å². The fourth-order valence-electron chi connectivity index (χ4n) is 1.32. The van der Waals surface area contributed by atoms with E-state index >= 15 is 0 Å². The van der Waals surface area contributed by atoms with Gasteiger partial charge in [-0.2, -0.15) is 0 Å². The number of hydrogen-bond acceptors (Lipinski definition) is 3. The molecule has 0 fully saturated rings. The van der Waals surface area contributed by atoms with Gasteiger partial charge < -0.3 is 16.2 Å². The second-order valence-corrected chi connectivity index (χ2v) is 3.48. The van der Waals surface area contributed by atoms with Crippen molar-refractivity contribution in [2.24, 2.45) is 5.73 Å². The number of carbonyl (C=O) groups excluding carboxylic acids is 1. The third-order valence-corrected chi connectivity index (χ3v) is 2.09. The Labute approximate surface area is 93.3 Å². The molecule has 0 aromatic heterocycles. The van der Waals surface area contributed by atoms with Crippen molar-refractivity contribution in [1.82, 2.24) is 0 Å². The number of carbonyl (C=O) groups is 2. The molecule has 0 aliphatic carbocycles. The van der Waals surface area contributed by atoms with Crippen molar-refractivity contribution >= 4 is 17.6 Å². The lowest BCUT2D eigenvalue weighted by atomic mass is 10.1. The van der Waals surface area contributed by atoms with Crippen molar-refractivity contribution in [2.45, 2.75) is 13.3 Å². The van der Waals surface area contributed by atoms with E-state index in [1.54, 1.807) is 18.2 Å². The molecule has 0 aliphatic rings. The quantitative estimate of drug-likeness (QED) is 0.692. The fraction of sp³-hybridized carbons (Fsp3) is 0.273. The molecule has 0 saturated heterocycles. The van der Waals surface area contributed by atoms with Crippen LogP contribution in [0.25, 0.3) is 0 Å². The molecule has 0 saturated carbocycles. The van der Waals surface area contributed by atoms with Gasteiger partial charge in [-0.15, -0.1) is 0 Å². The molecule has 5 nitrogen and oxygen atoms in total. The van der Waals surface area contributed by atoms with Gasteiger partial charge in [0.1, 0.15) is 0 Å². The van der Waals surface area contributed by atoms with Gasteiger partial charge in [-0.1, -0.05) is 6.07 Å². The minimum absolute atomic E-state index is 0.00779. The number of rotatable bonds is 5. The van der Waals surface area contributed by atoms with Crippen LogP contribution in [0.5, 0.6) is 0 Å². The molecule has 0 atom stereocenters. The van der Waals surface area contributed by atoms with Crippen LogP contribution in [0.1, 0.15) is 22.3 Å². The molecule has 0 radical (unpaired) electrons. The van der Waals surface area contributed by atoms with E-state index in [2.05, 4.69) is 5.32 Å². The van der Waals surface area contributed by atoms with E-state index in [1.807, 2.05) is 6.92 Å². The number of hydrogen-bond donors (Lipinski definition) is 3. The summed E-state index contributed by atoms with van der Waals surface area (Å²) >= 11 is 0. The maximum Gasteiger partial charge on any atom is 0.305 e. The first-order valence-corrected chi connectivity index (χ1v) is 4.87. The number of benzene rings is 1. The van der Waals surface area contributed by atoms with E-state index in [4.69, 9.17) is 10.8 Å². The average molecular weight is 222 g/mol. The Morgan fingerprint density at radius 3 is 2.69 bits per heavy atom. The number of anilines is 1. The molecule has 0 bridgehead atoms. The standard InChI is InChI=1S/C11H14N2O3/c1-7-2-3-8(11(12)16)9(6-7)13-5-4-10(14)15/h2-3,6,13H,4-5H2,1H3,(H2,12,16)(H,14,15). The fourth-order valence-corrected chi connectivity index (χ4v) is 1.32. The Morgan fingerprint density at radius 2 is 2.12 bits per heavy atom. The maximum absolute atomic E-state index is 11.1. The van der Waals surface area contributed by atoms with Crippen molar-refractivity contribution in [3.05, 3.63) is 29.3 Å². The highest BCUT2D eigenvalue weighted by Gasteiger charge is 2.08. The van der Waals surface area contributed by atoms with Gasteiger partial charge in [-0.3, -0.25) is 9.59 Å². The molecule has 0 spiro atoms. The molecule has 4 N–H and O–H groups in total. The molecule has 1 rings (SSSR count). The minimum Gasteiger partial charge on any atom is -0.481 e. The molecule has 16 heavy (non-hydrogen) atoms. The number of carboxylic acids is 1. The second kappa shape index (κ2) is 5.16. The summed E-state index contributed by atoms with van der Waals surface area (Å²) in [5.41, 5.74) is 7.12. The van der Waals surface area contributed by atoms with Crippen LogP contribution >= 0.6 is 0 Å². The van der Waals surface area contributed by atoms with E-state index in [9.17, 15) is 9.59 Å². The van der Waals surface area contributed by atoms with Crippen LogP contribution in [0, 0.1) is 6.92 Å². The Morgan fingerprint density at radius 1 is 1.44 bits per heavy atom. The molecular formula is C11H14N2O3. The predicted molar refractivity (Wildman–Crippen MR) is 60.4 cm³/mol. The smallest absolute Gasteiger partial charge is 0.305 e. The topological polar surface area (TPSA) is 92.4 Å². The van der Waals surface area contributed by atoms with Crippen molar-refractivity contribution in [3.8, 4) is 0 Å². The third kappa shape index (κ3) is 3.27. The van der Waals surface area contributed by atoms with E-state index in [-0.39, 0.29) is 13.0 Å². The van der Waals surface area contributed by atoms with Crippen molar-refractivity contribution < 1.29 is 14.7 Å². The summed E-state index contributed by atoms with van der Waals surface area (Å²) in [6.07, 6.45) is -0.00779. The summed E-state index contributed by atoms with van der Waals surface area (Å²) < 4.78 is 0. The lowest BCUT2D eigenvalue weighted by Gasteiger charge is -2.09. The first-order chi connectivity index (χ1) is 7.50. The zero-order valence-corrected chi connectivity index (χ0v) is 8.99. The van der Waals surface area contributed by atoms with E-state index in [1.165, 1.54) is 0 Å². The van der Waals surface area contributed by atoms with Gasteiger partial charge in [0.2, 0.25) is 0 Å². The molecule has 1 aromatic carbocycles. The second-order valence-electron chi connectivity index (χ2n) is 3.48. The summed E-state index contributed by atoms with van der Waals surface area (Å²) in [5, 5.41) is 11.4. The van der Waals surface area contributed by atoms with Gasteiger partial charge in [0.25, 0.3) is 5.91 Å². The van der Waals surface area contributed by atoms with Crippen LogP contribution in [0.3, 0.4) is 0 Å². The number of primary amides is 1. The maximum atomic E-state index is 11.1. The number of nitrogens with one attached hydrogen (secondary N) is 1. The predicted octanol–water partition coefficient (Wildman–Crippen LogP) is 0.981. The molecule has 86 valence electrons. The number of carboxylic acid groups (broad SMARTS) is 1. The molecule has 0 unspecified atom stereocenters. The van der Waals surface area contributed by atoms with Crippen LogP contribution in [-0.4, -0.2) is 23.5 Å². The normalized spacial score (nSPS) is 9.81. The first-order valence-electron chi connectivity index (χ1n) is 4.87. The van der Waals surface area contributed by atoms with Gasteiger partial charge in [0, 0.05) is 12.2 Å². The Balaban J connectivity index is 2.80. The number of amides is 1. The van der Waals surface area contributed by atoms with Crippen molar-refractivity contribution in [3.63, 3.8) is 0 Å². The summed E-state index contributed by atoms with van der Waals surface area (Å²) in [6, 6.07) is 5.17. The molecule has 1 amide bonds. The van der Waals surface area contributed by atoms with Crippen LogP contribution < -0.4 is 11.1 Å². The van der Waals surface area contributed by atoms with E-state index in [0.717, 1.165) is 5.56 Å². The van der Waals surface area contributed by atoms with Gasteiger partial charge in [0.05, 0.1) is 12.0 Å². The molecular weight excluding hydrogens is 208 g/mol. The lowest BCUT2D eigenvalue weighted by Crippen LogP contribution is -2.16. The summed E-state index contributed by atoms with van der Waals surface area (Å²) in [6.45, 7) is 2.15. The zero-order valence-electron chi connectivity index (χ0n) is 8.99. The van der Waals surface area contributed by atoms with Gasteiger partial charge >= 0.3 is 5.97 Å². The molecule has 5 heteroatoms. The zero-order chi connectivity index (χ0) is 12.1. The highest BCUT2D eigenvalue weighted by atomic mass is 16.4. The first kappa shape index (κ1) is 12.0. The van der Waals surface area contributed by atoms with E-state index < -0.39 is 11.9 Å². The van der Waals surface area contributed by atoms with Crippen LogP contribution in [-0.2, 0) is 4.79 Å².